The van der Waals surface area contributed by atoms with Gasteiger partial charge in [-0.15, -0.1) is 0 Å². The highest BCUT2D eigenvalue weighted by atomic mass is 35.5. The first-order valence-corrected chi connectivity index (χ1v) is 9.01. The van der Waals surface area contributed by atoms with Crippen molar-refractivity contribution in [2.24, 2.45) is 0 Å². The minimum absolute atomic E-state index is 0.00269. The van der Waals surface area contributed by atoms with E-state index in [1.54, 1.807) is 6.07 Å². The van der Waals surface area contributed by atoms with Crippen LogP contribution in [0.1, 0.15) is 24.7 Å². The first kappa shape index (κ1) is 17.5. The Labute approximate surface area is 152 Å². The van der Waals surface area contributed by atoms with Crippen molar-refractivity contribution < 1.29 is 4.79 Å². The molecule has 0 saturated heterocycles. The number of aromatic nitrogens is 2. The number of nitrogens with one attached hydrogen (secondary N) is 1. The number of rotatable bonds is 7. The number of imidazole rings is 1. The second-order valence-corrected chi connectivity index (χ2v) is 6.39. The van der Waals surface area contributed by atoms with E-state index in [1.807, 2.05) is 36.4 Å². The molecule has 1 N–H and O–H groups in total. The van der Waals surface area contributed by atoms with Crippen LogP contribution < -0.4 is 5.32 Å². The molecule has 3 aromatic rings. The van der Waals surface area contributed by atoms with E-state index in [9.17, 15) is 4.79 Å². The van der Waals surface area contributed by atoms with Gasteiger partial charge in [-0.3, -0.25) is 4.79 Å². The van der Waals surface area contributed by atoms with Crippen LogP contribution in [0, 0.1) is 0 Å². The highest BCUT2D eigenvalue weighted by Gasteiger charge is 2.09. The van der Waals surface area contributed by atoms with Crippen molar-refractivity contribution in [1.82, 2.24) is 14.9 Å². The minimum atomic E-state index is -0.00269. The number of hydrogen-bond donors (Lipinski definition) is 1. The molecule has 0 fully saturated rings. The topological polar surface area (TPSA) is 46.9 Å². The number of benzene rings is 2. The van der Waals surface area contributed by atoms with Crippen molar-refractivity contribution in [1.29, 1.82) is 0 Å². The molecule has 0 saturated carbocycles. The summed E-state index contributed by atoms with van der Waals surface area (Å²) >= 11 is 6.09. The number of carbonyl (C=O) groups excluding carboxylic acids is 1. The molecule has 0 aliphatic heterocycles. The zero-order valence-electron chi connectivity index (χ0n) is 14.3. The SMILES string of the molecule is CCn1c(CCCNC(=O)Cc2ccccc2Cl)nc2ccccc21. The van der Waals surface area contributed by atoms with Gasteiger partial charge in [-0.25, -0.2) is 4.98 Å². The predicted octanol–water partition coefficient (Wildman–Crippen LogP) is 4.00. The molecule has 0 atom stereocenters. The molecule has 5 heteroatoms. The summed E-state index contributed by atoms with van der Waals surface area (Å²) in [5, 5.41) is 3.60. The molecule has 130 valence electrons. The van der Waals surface area contributed by atoms with E-state index >= 15 is 0 Å². The number of amides is 1. The van der Waals surface area contributed by atoms with Crippen LogP contribution in [0.2, 0.25) is 5.02 Å². The monoisotopic (exact) mass is 355 g/mol. The number of carbonyl (C=O) groups is 1. The summed E-state index contributed by atoms with van der Waals surface area (Å²) in [4.78, 5) is 16.8. The van der Waals surface area contributed by atoms with Gasteiger partial charge < -0.3 is 9.88 Å². The Morgan fingerprint density at radius 1 is 1.16 bits per heavy atom. The van der Waals surface area contributed by atoms with Gasteiger partial charge in [-0.05, 0) is 37.1 Å². The maximum atomic E-state index is 12.0. The summed E-state index contributed by atoms with van der Waals surface area (Å²) in [5.41, 5.74) is 3.05. The molecule has 0 aliphatic carbocycles. The van der Waals surface area contributed by atoms with Crippen molar-refractivity contribution in [3.8, 4) is 0 Å². The Morgan fingerprint density at radius 3 is 2.72 bits per heavy atom. The molecule has 1 aromatic heterocycles. The molecular weight excluding hydrogens is 334 g/mol. The van der Waals surface area contributed by atoms with E-state index in [0.29, 0.717) is 18.0 Å². The average molecular weight is 356 g/mol. The average Bonchev–Trinajstić information content (AvgIpc) is 2.98. The van der Waals surface area contributed by atoms with Gasteiger partial charge in [0.15, 0.2) is 0 Å². The maximum Gasteiger partial charge on any atom is 0.224 e. The molecule has 0 aliphatic rings. The van der Waals surface area contributed by atoms with E-state index < -0.39 is 0 Å². The molecular formula is C20H22ClN3O. The van der Waals surface area contributed by atoms with Gasteiger partial charge in [0.1, 0.15) is 5.82 Å². The van der Waals surface area contributed by atoms with E-state index in [-0.39, 0.29) is 5.91 Å². The van der Waals surface area contributed by atoms with Crippen LogP contribution in [0.3, 0.4) is 0 Å². The van der Waals surface area contributed by atoms with Gasteiger partial charge in [0.25, 0.3) is 0 Å². The largest absolute Gasteiger partial charge is 0.356 e. The normalized spacial score (nSPS) is 11.0. The fraction of sp³-hybridized carbons (Fsp3) is 0.300. The third-order valence-corrected chi connectivity index (χ3v) is 4.63. The lowest BCUT2D eigenvalue weighted by Gasteiger charge is -2.08. The molecule has 2 aromatic carbocycles. The summed E-state index contributed by atoms with van der Waals surface area (Å²) in [6, 6.07) is 15.6. The molecule has 25 heavy (non-hydrogen) atoms. The molecule has 4 nitrogen and oxygen atoms in total. The highest BCUT2D eigenvalue weighted by molar-refractivity contribution is 6.31. The number of nitrogens with zero attached hydrogens (tertiary/aromatic N) is 2. The Bertz CT molecular complexity index is 872. The van der Waals surface area contributed by atoms with Gasteiger partial charge in [-0.1, -0.05) is 41.9 Å². The fourth-order valence-corrected chi connectivity index (χ4v) is 3.22. The first-order chi connectivity index (χ1) is 12.2. The van der Waals surface area contributed by atoms with Crippen molar-refractivity contribution in [2.75, 3.05) is 6.54 Å². The summed E-state index contributed by atoms with van der Waals surface area (Å²) in [5.74, 6) is 1.07. The van der Waals surface area contributed by atoms with Crippen LogP contribution in [0.15, 0.2) is 48.5 Å². The Hall–Kier alpha value is -2.33. The molecule has 0 radical (unpaired) electrons. The maximum absolute atomic E-state index is 12.0. The highest BCUT2D eigenvalue weighted by Crippen LogP contribution is 2.17. The quantitative estimate of drug-likeness (QED) is 0.651. The molecule has 1 heterocycles. The second kappa shape index (κ2) is 8.17. The molecule has 0 spiro atoms. The number of fused-ring (bicyclic) bond motifs is 1. The van der Waals surface area contributed by atoms with Crippen molar-refractivity contribution >= 4 is 28.5 Å². The predicted molar refractivity (Wildman–Crippen MR) is 102 cm³/mol. The molecule has 1 amide bonds. The van der Waals surface area contributed by atoms with Gasteiger partial charge in [0, 0.05) is 24.5 Å². The van der Waals surface area contributed by atoms with Gasteiger partial charge in [0.05, 0.1) is 17.5 Å². The Kier molecular flexibility index (Phi) is 5.71. The van der Waals surface area contributed by atoms with Crippen LogP contribution in [0.5, 0.6) is 0 Å². The summed E-state index contributed by atoms with van der Waals surface area (Å²) in [6.07, 6.45) is 2.01. The summed E-state index contributed by atoms with van der Waals surface area (Å²) in [6.45, 7) is 3.66. The van der Waals surface area contributed by atoms with Crippen LogP contribution in [-0.4, -0.2) is 22.0 Å². The number of aryl methyl sites for hydroxylation is 2. The Morgan fingerprint density at radius 2 is 1.92 bits per heavy atom. The van der Waals surface area contributed by atoms with E-state index in [1.165, 1.54) is 5.52 Å². The first-order valence-electron chi connectivity index (χ1n) is 8.63. The van der Waals surface area contributed by atoms with Gasteiger partial charge >= 0.3 is 0 Å². The second-order valence-electron chi connectivity index (χ2n) is 5.98. The molecule has 0 unspecified atom stereocenters. The number of para-hydroxylation sites is 2. The smallest absolute Gasteiger partial charge is 0.224 e. The molecule has 3 rings (SSSR count). The number of hydrogen-bond acceptors (Lipinski definition) is 2. The van der Waals surface area contributed by atoms with Crippen LogP contribution in [0.4, 0.5) is 0 Å². The van der Waals surface area contributed by atoms with Gasteiger partial charge in [-0.2, -0.15) is 0 Å². The lowest BCUT2D eigenvalue weighted by molar-refractivity contribution is -0.120. The van der Waals surface area contributed by atoms with E-state index in [4.69, 9.17) is 16.6 Å². The van der Waals surface area contributed by atoms with Crippen LogP contribution >= 0.6 is 11.6 Å². The third-order valence-electron chi connectivity index (χ3n) is 4.26. The lowest BCUT2D eigenvalue weighted by Crippen LogP contribution is -2.26. The van der Waals surface area contributed by atoms with Gasteiger partial charge in [0.2, 0.25) is 5.91 Å². The Balaban J connectivity index is 1.52. The zero-order chi connectivity index (χ0) is 17.6. The third kappa shape index (κ3) is 4.20. The van der Waals surface area contributed by atoms with E-state index in [0.717, 1.165) is 36.3 Å². The minimum Gasteiger partial charge on any atom is -0.356 e. The summed E-state index contributed by atoms with van der Waals surface area (Å²) < 4.78 is 2.24. The standard InChI is InChI=1S/C20H22ClN3O/c1-2-24-18-11-6-5-10-17(18)23-19(24)12-7-13-22-20(25)14-15-8-3-4-9-16(15)21/h3-6,8-11H,2,7,12-14H2,1H3,(H,22,25). The van der Waals surface area contributed by atoms with Crippen LogP contribution in [0.25, 0.3) is 11.0 Å². The molecule has 0 bridgehead atoms. The fourth-order valence-electron chi connectivity index (χ4n) is 3.02. The van der Waals surface area contributed by atoms with Crippen molar-refractivity contribution in [3.63, 3.8) is 0 Å². The zero-order valence-corrected chi connectivity index (χ0v) is 15.1. The van der Waals surface area contributed by atoms with Crippen LogP contribution in [-0.2, 0) is 24.2 Å². The van der Waals surface area contributed by atoms with Crippen molar-refractivity contribution in [3.05, 3.63) is 64.9 Å². The summed E-state index contributed by atoms with van der Waals surface area (Å²) in [7, 11) is 0. The number of halogens is 1. The lowest BCUT2D eigenvalue weighted by atomic mass is 10.1. The van der Waals surface area contributed by atoms with E-state index in [2.05, 4.69) is 22.9 Å². The van der Waals surface area contributed by atoms with Crippen molar-refractivity contribution in [2.45, 2.75) is 32.7 Å².